The zero-order valence-corrected chi connectivity index (χ0v) is 6.56. The number of rotatable bonds is 4. The molecular weight excluding hydrogens is 124 g/mol. The Kier molecular flexibility index (Phi) is 3.65. The fourth-order valence-corrected chi connectivity index (χ4v) is 0.748. The van der Waals surface area contributed by atoms with Gasteiger partial charge in [-0.15, -0.1) is 0 Å². The van der Waals surface area contributed by atoms with E-state index in [9.17, 15) is 0 Å². The molecule has 0 unspecified atom stereocenters. The fraction of sp³-hybridized carbons (Fsp3) is 0.375. The second-order valence-electron chi connectivity index (χ2n) is 2.24. The summed E-state index contributed by atoms with van der Waals surface area (Å²) in [6.07, 6.45) is 0. The van der Waals surface area contributed by atoms with Crippen LogP contribution in [0.25, 0.3) is 0 Å². The molecule has 2 heteroatoms. The van der Waals surface area contributed by atoms with Gasteiger partial charge < -0.3 is 10.6 Å². The summed E-state index contributed by atoms with van der Waals surface area (Å²) < 4.78 is 0. The van der Waals surface area contributed by atoms with Gasteiger partial charge in [-0.2, -0.15) is 0 Å². The highest BCUT2D eigenvalue weighted by atomic mass is 15.1. The van der Waals surface area contributed by atoms with Crippen molar-refractivity contribution >= 4 is 0 Å². The zero-order valence-electron chi connectivity index (χ0n) is 6.56. The van der Waals surface area contributed by atoms with Crippen LogP contribution in [0.5, 0.6) is 0 Å². The number of nitrogens with zero attached hydrogens (tertiary/aromatic N) is 1. The lowest BCUT2D eigenvalue weighted by Gasteiger charge is -2.18. The Morgan fingerprint density at radius 1 is 1.60 bits per heavy atom. The van der Waals surface area contributed by atoms with Crippen LogP contribution in [0.3, 0.4) is 0 Å². The maximum Gasteiger partial charge on any atom is 0.190 e. The summed E-state index contributed by atoms with van der Waals surface area (Å²) in [5, 5.41) is 0. The molecule has 0 aliphatic rings. The summed E-state index contributed by atoms with van der Waals surface area (Å²) in [4.78, 5) is 1.89. The van der Waals surface area contributed by atoms with Crippen LogP contribution >= 0.6 is 0 Å². The summed E-state index contributed by atoms with van der Waals surface area (Å²) in [6, 6.07) is 0. The van der Waals surface area contributed by atoms with Gasteiger partial charge in [0, 0.05) is 18.8 Å². The van der Waals surface area contributed by atoms with E-state index in [4.69, 9.17) is 5.73 Å². The highest BCUT2D eigenvalue weighted by molar-refractivity contribution is 5.07. The number of nitrogens with two attached hydrogens (primary N) is 1. The van der Waals surface area contributed by atoms with Crippen molar-refractivity contribution in [3.63, 3.8) is 0 Å². The van der Waals surface area contributed by atoms with Crippen LogP contribution < -0.4 is 5.73 Å². The monoisotopic (exact) mass is 139 g/mol. The molecule has 0 aliphatic heterocycles. The van der Waals surface area contributed by atoms with E-state index in [1.165, 1.54) is 0 Å². The summed E-state index contributed by atoms with van der Waals surface area (Å²) in [5.41, 5.74) is 7.04. The lowest BCUT2D eigenvalue weighted by molar-refractivity contribution is 0.453. The second kappa shape index (κ2) is 4.01. The van der Waals surface area contributed by atoms with Crippen LogP contribution in [0.15, 0.2) is 24.6 Å². The zero-order chi connectivity index (χ0) is 8.15. The molecule has 0 aliphatic carbocycles. The Hall–Kier alpha value is -0.890. The smallest absolute Gasteiger partial charge is 0.190 e. The molecular formula is C8H15N2+. The van der Waals surface area contributed by atoms with Gasteiger partial charge in [-0.1, -0.05) is 6.58 Å². The summed E-state index contributed by atoms with van der Waals surface area (Å²) in [7, 11) is 0. The molecule has 0 amide bonds. The standard InChI is InChI=1S/C8H15N2/c1-7(2)10(6-5-9)8(3)4/h1-3,5-6,9H2,4H3/q+1. The first-order chi connectivity index (χ1) is 4.59. The molecule has 0 heterocycles. The molecule has 0 fully saturated rings. The van der Waals surface area contributed by atoms with Crippen LogP contribution in [-0.2, 0) is 0 Å². The van der Waals surface area contributed by atoms with Gasteiger partial charge in [0.1, 0.15) is 0 Å². The van der Waals surface area contributed by atoms with Gasteiger partial charge in [-0.3, -0.25) is 0 Å². The van der Waals surface area contributed by atoms with E-state index in [-0.39, 0.29) is 0 Å². The lowest BCUT2D eigenvalue weighted by atomic mass is 10.3. The molecule has 2 nitrogen and oxygen atoms in total. The third-order valence-corrected chi connectivity index (χ3v) is 1.20. The predicted molar refractivity (Wildman–Crippen MR) is 45.1 cm³/mol. The van der Waals surface area contributed by atoms with Crippen molar-refractivity contribution in [2.75, 3.05) is 13.1 Å². The predicted octanol–water partition coefficient (Wildman–Crippen LogP) is 1.13. The number of hydrogen-bond donors (Lipinski definition) is 1. The highest BCUT2D eigenvalue weighted by Crippen LogP contribution is 2.06. The van der Waals surface area contributed by atoms with Crippen molar-refractivity contribution in [1.82, 2.24) is 4.90 Å². The summed E-state index contributed by atoms with van der Waals surface area (Å²) in [5.74, 6) is 0. The van der Waals surface area contributed by atoms with Crippen LogP contribution in [-0.4, -0.2) is 18.0 Å². The van der Waals surface area contributed by atoms with E-state index in [2.05, 4.69) is 20.1 Å². The molecule has 0 saturated carbocycles. The van der Waals surface area contributed by atoms with E-state index in [1.807, 2.05) is 11.8 Å². The summed E-state index contributed by atoms with van der Waals surface area (Å²) >= 11 is 0. The maximum atomic E-state index is 5.35. The first kappa shape index (κ1) is 9.11. The van der Waals surface area contributed by atoms with Gasteiger partial charge in [0.05, 0.1) is 13.5 Å². The molecule has 2 N–H and O–H groups in total. The van der Waals surface area contributed by atoms with Gasteiger partial charge in [-0.05, 0) is 6.92 Å². The Bertz CT molecular complexity index is 124. The maximum absolute atomic E-state index is 5.35. The average molecular weight is 139 g/mol. The van der Waals surface area contributed by atoms with Crippen molar-refractivity contribution in [1.29, 1.82) is 0 Å². The highest BCUT2D eigenvalue weighted by Gasteiger charge is 2.06. The molecule has 0 atom stereocenters. The van der Waals surface area contributed by atoms with Gasteiger partial charge in [-0.25, -0.2) is 0 Å². The Balaban J connectivity index is 3.98. The van der Waals surface area contributed by atoms with Gasteiger partial charge in [0.25, 0.3) is 0 Å². The van der Waals surface area contributed by atoms with E-state index in [1.54, 1.807) is 0 Å². The van der Waals surface area contributed by atoms with Crippen LogP contribution in [0, 0.1) is 6.92 Å². The summed E-state index contributed by atoms with van der Waals surface area (Å²) in [6.45, 7) is 14.4. The molecule has 0 rings (SSSR count). The minimum atomic E-state index is 0.599. The molecule has 0 radical (unpaired) electrons. The van der Waals surface area contributed by atoms with Crippen molar-refractivity contribution in [2.24, 2.45) is 5.73 Å². The Labute approximate surface area is 63.0 Å². The molecule has 0 aromatic rings. The van der Waals surface area contributed by atoms with Crippen LogP contribution in [0.4, 0.5) is 0 Å². The first-order valence-corrected chi connectivity index (χ1v) is 3.23. The van der Waals surface area contributed by atoms with Gasteiger partial charge in [0.2, 0.25) is 0 Å². The molecule has 0 aromatic carbocycles. The van der Waals surface area contributed by atoms with Gasteiger partial charge in [0.15, 0.2) is 5.70 Å². The van der Waals surface area contributed by atoms with Crippen molar-refractivity contribution in [3.05, 3.63) is 31.5 Å². The van der Waals surface area contributed by atoms with Crippen molar-refractivity contribution < 1.29 is 0 Å². The molecule has 0 aromatic heterocycles. The Morgan fingerprint density at radius 2 is 2.10 bits per heavy atom. The average Bonchev–Trinajstić information content (AvgIpc) is 1.81. The van der Waals surface area contributed by atoms with Gasteiger partial charge >= 0.3 is 0 Å². The molecule has 0 spiro atoms. The quantitative estimate of drug-likeness (QED) is 0.591. The first-order valence-electron chi connectivity index (χ1n) is 3.23. The number of hydrogen-bond acceptors (Lipinski definition) is 2. The van der Waals surface area contributed by atoms with E-state index < -0.39 is 0 Å². The molecule has 0 saturated heterocycles. The lowest BCUT2D eigenvalue weighted by Crippen LogP contribution is -2.25. The Morgan fingerprint density at radius 3 is 2.20 bits per heavy atom. The second-order valence-corrected chi connectivity index (χ2v) is 2.24. The van der Waals surface area contributed by atoms with E-state index in [0.29, 0.717) is 6.54 Å². The van der Waals surface area contributed by atoms with E-state index >= 15 is 0 Å². The third kappa shape index (κ3) is 2.60. The SMILES string of the molecule is C=C([CH2+])N(CCN)C(=C)C. The third-order valence-electron chi connectivity index (χ3n) is 1.20. The van der Waals surface area contributed by atoms with Crippen molar-refractivity contribution in [3.8, 4) is 0 Å². The molecule has 10 heavy (non-hydrogen) atoms. The minimum absolute atomic E-state index is 0.599. The minimum Gasteiger partial charge on any atom is -0.329 e. The molecule has 0 bridgehead atoms. The van der Waals surface area contributed by atoms with Crippen LogP contribution in [0.2, 0.25) is 0 Å². The topological polar surface area (TPSA) is 29.3 Å². The number of allylic oxidation sites excluding steroid dienone is 2. The normalized spacial score (nSPS) is 9.00. The van der Waals surface area contributed by atoms with Crippen molar-refractivity contribution in [2.45, 2.75) is 6.92 Å². The molecule has 56 valence electrons. The van der Waals surface area contributed by atoms with Crippen LogP contribution in [0.1, 0.15) is 6.92 Å². The van der Waals surface area contributed by atoms with E-state index in [0.717, 1.165) is 17.9 Å². The fourth-order valence-electron chi connectivity index (χ4n) is 0.748. The largest absolute Gasteiger partial charge is 0.329 e.